The van der Waals surface area contributed by atoms with Crippen molar-refractivity contribution in [1.29, 1.82) is 0 Å². The van der Waals surface area contributed by atoms with Gasteiger partial charge in [-0.3, -0.25) is 14.9 Å². The number of hydrogen-bond donors (Lipinski definition) is 1. The molecular formula is C15H13NO5. The smallest absolute Gasteiger partial charge is 0.312 e. The zero-order chi connectivity index (χ0) is 15.2. The van der Waals surface area contributed by atoms with Crippen molar-refractivity contribution < 1.29 is 19.6 Å². The number of carbonyl (C=O) groups is 1. The molecule has 0 spiro atoms. The van der Waals surface area contributed by atoms with Gasteiger partial charge in [0.1, 0.15) is 12.0 Å². The number of aliphatic hydroxyl groups is 1. The fourth-order valence-corrected chi connectivity index (χ4v) is 1.89. The molecule has 2 rings (SSSR count). The van der Waals surface area contributed by atoms with Gasteiger partial charge in [-0.05, 0) is 30.2 Å². The lowest BCUT2D eigenvalue weighted by Crippen LogP contribution is -1.98. The highest BCUT2D eigenvalue weighted by molar-refractivity contribution is 5.77. The van der Waals surface area contributed by atoms with Crippen molar-refractivity contribution in [2.24, 2.45) is 0 Å². The van der Waals surface area contributed by atoms with Gasteiger partial charge in [-0.1, -0.05) is 18.2 Å². The highest BCUT2D eigenvalue weighted by Gasteiger charge is 2.17. The highest BCUT2D eigenvalue weighted by atomic mass is 16.6. The number of rotatable bonds is 6. The van der Waals surface area contributed by atoms with Gasteiger partial charge >= 0.3 is 5.69 Å². The summed E-state index contributed by atoms with van der Waals surface area (Å²) in [7, 11) is 0. The van der Waals surface area contributed by atoms with Crippen LogP contribution in [-0.2, 0) is 6.42 Å². The first-order valence-corrected chi connectivity index (χ1v) is 6.26. The molecule has 0 amide bonds. The minimum atomic E-state index is -0.600. The predicted molar refractivity (Wildman–Crippen MR) is 75.8 cm³/mol. The van der Waals surface area contributed by atoms with Crippen LogP contribution in [0.2, 0.25) is 0 Å². The molecule has 0 aromatic heterocycles. The number of ether oxygens (including phenoxy) is 1. The number of nitrogens with zero attached hydrogens (tertiary/aromatic N) is 1. The second kappa shape index (κ2) is 6.62. The fourth-order valence-electron chi connectivity index (χ4n) is 1.89. The van der Waals surface area contributed by atoms with Crippen LogP contribution >= 0.6 is 0 Å². The number of aliphatic hydroxyl groups excluding tert-OH is 1. The molecule has 1 N–H and O–H groups in total. The molecule has 0 atom stereocenters. The predicted octanol–water partition coefficient (Wildman–Crippen LogP) is 2.73. The standard InChI is InChI=1S/C15H13NO5/c17-8-7-12-3-1-2-4-14(12)21-15-6-5-11(10-18)9-13(15)16(19)20/h1-6,9-10,17H,7-8H2. The van der Waals surface area contributed by atoms with Gasteiger partial charge in [-0.25, -0.2) is 0 Å². The molecule has 0 bridgehead atoms. The van der Waals surface area contributed by atoms with Crippen LogP contribution < -0.4 is 4.74 Å². The summed E-state index contributed by atoms with van der Waals surface area (Å²) >= 11 is 0. The Morgan fingerprint density at radius 3 is 2.62 bits per heavy atom. The van der Waals surface area contributed by atoms with E-state index in [1.165, 1.54) is 12.1 Å². The van der Waals surface area contributed by atoms with Gasteiger partial charge in [0.05, 0.1) is 4.92 Å². The number of carbonyl (C=O) groups excluding carboxylic acids is 1. The lowest BCUT2D eigenvalue weighted by molar-refractivity contribution is -0.385. The molecule has 0 radical (unpaired) electrons. The Hall–Kier alpha value is -2.73. The third-order valence-electron chi connectivity index (χ3n) is 2.89. The van der Waals surface area contributed by atoms with Crippen molar-refractivity contribution in [3.63, 3.8) is 0 Å². The van der Waals surface area contributed by atoms with E-state index in [-0.39, 0.29) is 23.6 Å². The van der Waals surface area contributed by atoms with Crippen molar-refractivity contribution >= 4 is 12.0 Å². The SMILES string of the molecule is O=Cc1ccc(Oc2ccccc2CCO)c([N+](=O)[O-])c1. The topological polar surface area (TPSA) is 89.7 Å². The van der Waals surface area contributed by atoms with Gasteiger partial charge in [-0.15, -0.1) is 0 Å². The van der Waals surface area contributed by atoms with Crippen LogP contribution in [0.1, 0.15) is 15.9 Å². The number of hydrogen-bond acceptors (Lipinski definition) is 5. The molecular weight excluding hydrogens is 274 g/mol. The fraction of sp³-hybridized carbons (Fsp3) is 0.133. The molecule has 0 fully saturated rings. The second-order valence-electron chi connectivity index (χ2n) is 4.29. The molecule has 6 nitrogen and oxygen atoms in total. The molecule has 0 aliphatic heterocycles. The first-order chi connectivity index (χ1) is 10.2. The van der Waals surface area contributed by atoms with Gasteiger partial charge in [-0.2, -0.15) is 0 Å². The molecule has 2 aromatic rings. The molecule has 0 aliphatic rings. The molecule has 0 unspecified atom stereocenters. The van der Waals surface area contributed by atoms with Crippen LogP contribution in [0, 0.1) is 10.1 Å². The van der Waals surface area contributed by atoms with Crippen LogP contribution in [0.15, 0.2) is 42.5 Å². The van der Waals surface area contributed by atoms with Crippen molar-refractivity contribution in [2.75, 3.05) is 6.61 Å². The summed E-state index contributed by atoms with van der Waals surface area (Å²) in [4.78, 5) is 21.2. The second-order valence-corrected chi connectivity index (χ2v) is 4.29. The molecule has 0 aliphatic carbocycles. The normalized spacial score (nSPS) is 10.1. The molecule has 0 saturated carbocycles. The first-order valence-electron chi connectivity index (χ1n) is 6.26. The van der Waals surface area contributed by atoms with E-state index in [9.17, 15) is 14.9 Å². The maximum atomic E-state index is 11.1. The average Bonchev–Trinajstić information content (AvgIpc) is 2.49. The zero-order valence-corrected chi connectivity index (χ0v) is 11.1. The third-order valence-corrected chi connectivity index (χ3v) is 2.89. The quantitative estimate of drug-likeness (QED) is 0.501. The summed E-state index contributed by atoms with van der Waals surface area (Å²) < 4.78 is 5.59. The van der Waals surface area contributed by atoms with Crippen LogP contribution in [0.25, 0.3) is 0 Å². The van der Waals surface area contributed by atoms with Gasteiger partial charge in [0, 0.05) is 18.2 Å². The van der Waals surface area contributed by atoms with Crippen LogP contribution in [0.4, 0.5) is 5.69 Å². The van der Waals surface area contributed by atoms with Gasteiger partial charge < -0.3 is 9.84 Å². The summed E-state index contributed by atoms with van der Waals surface area (Å²) in [5.74, 6) is 0.490. The van der Waals surface area contributed by atoms with E-state index >= 15 is 0 Å². The number of para-hydroxylation sites is 1. The minimum absolute atomic E-state index is 0.0491. The number of benzene rings is 2. The largest absolute Gasteiger partial charge is 0.450 e. The summed E-state index contributed by atoms with van der Waals surface area (Å²) in [5.41, 5.74) is 0.671. The Balaban J connectivity index is 2.39. The van der Waals surface area contributed by atoms with E-state index in [0.717, 1.165) is 11.6 Å². The van der Waals surface area contributed by atoms with Crippen molar-refractivity contribution in [3.05, 3.63) is 63.7 Å². The molecule has 2 aromatic carbocycles. The van der Waals surface area contributed by atoms with E-state index in [1.807, 2.05) is 0 Å². The highest BCUT2D eigenvalue weighted by Crippen LogP contribution is 2.33. The Morgan fingerprint density at radius 2 is 1.95 bits per heavy atom. The number of aldehydes is 1. The van der Waals surface area contributed by atoms with Crippen molar-refractivity contribution in [3.8, 4) is 11.5 Å². The molecule has 108 valence electrons. The summed E-state index contributed by atoms with van der Waals surface area (Å²) in [5, 5.41) is 20.1. The molecule has 6 heteroatoms. The average molecular weight is 287 g/mol. The first kappa shape index (κ1) is 14.7. The maximum absolute atomic E-state index is 11.1. The number of nitro benzene ring substituents is 1. The van der Waals surface area contributed by atoms with Crippen LogP contribution in [0.5, 0.6) is 11.5 Å². The molecule has 0 saturated heterocycles. The monoisotopic (exact) mass is 287 g/mol. The van der Waals surface area contributed by atoms with E-state index in [4.69, 9.17) is 9.84 Å². The summed E-state index contributed by atoms with van der Waals surface area (Å²) in [6.07, 6.45) is 0.923. The Labute approximate surface area is 120 Å². The molecule has 21 heavy (non-hydrogen) atoms. The lowest BCUT2D eigenvalue weighted by Gasteiger charge is -2.10. The van der Waals surface area contributed by atoms with E-state index in [1.54, 1.807) is 24.3 Å². The zero-order valence-electron chi connectivity index (χ0n) is 11.1. The van der Waals surface area contributed by atoms with Crippen molar-refractivity contribution in [2.45, 2.75) is 6.42 Å². The summed E-state index contributed by atoms with van der Waals surface area (Å²) in [6.45, 7) is -0.0491. The van der Waals surface area contributed by atoms with Gasteiger partial charge in [0.2, 0.25) is 5.75 Å². The number of nitro groups is 1. The van der Waals surface area contributed by atoms with Gasteiger partial charge in [0.15, 0.2) is 0 Å². The van der Waals surface area contributed by atoms with E-state index in [0.29, 0.717) is 18.5 Å². The van der Waals surface area contributed by atoms with Crippen LogP contribution in [-0.4, -0.2) is 22.9 Å². The lowest BCUT2D eigenvalue weighted by atomic mass is 10.1. The maximum Gasteiger partial charge on any atom is 0.312 e. The Morgan fingerprint density at radius 1 is 1.19 bits per heavy atom. The van der Waals surface area contributed by atoms with Gasteiger partial charge in [0.25, 0.3) is 0 Å². The van der Waals surface area contributed by atoms with Crippen molar-refractivity contribution in [1.82, 2.24) is 0 Å². The molecule has 0 heterocycles. The summed E-state index contributed by atoms with van der Waals surface area (Å²) in [6, 6.07) is 11.0. The Kier molecular flexibility index (Phi) is 4.63. The Bertz CT molecular complexity index is 669. The minimum Gasteiger partial charge on any atom is -0.450 e. The van der Waals surface area contributed by atoms with Crippen LogP contribution in [0.3, 0.4) is 0 Å². The van der Waals surface area contributed by atoms with E-state index in [2.05, 4.69) is 0 Å². The van der Waals surface area contributed by atoms with E-state index < -0.39 is 4.92 Å². The third kappa shape index (κ3) is 3.43.